The lowest BCUT2D eigenvalue weighted by atomic mass is 10.2. The maximum Gasteiger partial charge on any atom is 0.246 e. The van der Waals surface area contributed by atoms with Gasteiger partial charge in [0.05, 0.1) is 6.20 Å². The molecule has 1 aromatic heterocycles. The first-order valence-electron chi connectivity index (χ1n) is 7.48. The Morgan fingerprint density at radius 1 is 1.33 bits per heavy atom. The van der Waals surface area contributed by atoms with Crippen molar-refractivity contribution < 1.29 is 8.42 Å². The molecule has 0 saturated heterocycles. The van der Waals surface area contributed by atoms with Crippen molar-refractivity contribution in [3.8, 4) is 0 Å². The van der Waals surface area contributed by atoms with Crippen molar-refractivity contribution in [2.75, 3.05) is 20.1 Å². The van der Waals surface area contributed by atoms with Crippen LogP contribution < -0.4 is 5.32 Å². The normalized spacial score (nSPS) is 12.8. The van der Waals surface area contributed by atoms with Crippen LogP contribution in [0.15, 0.2) is 17.3 Å². The van der Waals surface area contributed by atoms with Gasteiger partial charge in [-0.05, 0) is 39.8 Å². The van der Waals surface area contributed by atoms with Gasteiger partial charge in [-0.15, -0.1) is 0 Å². The molecule has 0 aromatic carbocycles. The molecule has 7 heteroatoms. The highest BCUT2D eigenvalue weighted by molar-refractivity contribution is 7.89. The van der Waals surface area contributed by atoms with E-state index in [1.165, 1.54) is 6.20 Å². The number of aromatic nitrogens is 2. The molecule has 1 aromatic rings. The number of hydrogen-bond donors (Lipinski definition) is 1. The second kappa shape index (κ2) is 7.91. The Hall–Kier alpha value is -0.920. The number of rotatable bonds is 9. The zero-order chi connectivity index (χ0) is 16.0. The number of aryl methyl sites for hydroxylation is 1. The smallest absolute Gasteiger partial charge is 0.246 e. The van der Waals surface area contributed by atoms with Gasteiger partial charge in [0, 0.05) is 25.3 Å². The minimum absolute atomic E-state index is 0.0648. The molecule has 1 rings (SSSR count). The summed E-state index contributed by atoms with van der Waals surface area (Å²) in [7, 11) is -1.58. The van der Waals surface area contributed by atoms with E-state index in [-0.39, 0.29) is 16.9 Å². The third-order valence-corrected chi connectivity index (χ3v) is 5.15. The molecule has 0 aliphatic carbocycles. The molecule has 0 fully saturated rings. The van der Waals surface area contributed by atoms with E-state index < -0.39 is 10.0 Å². The van der Waals surface area contributed by atoms with Crippen LogP contribution in [0, 0.1) is 5.92 Å². The van der Waals surface area contributed by atoms with Gasteiger partial charge in [0.25, 0.3) is 0 Å². The van der Waals surface area contributed by atoms with Gasteiger partial charge < -0.3 is 5.32 Å². The minimum atomic E-state index is -3.47. The molecule has 122 valence electrons. The summed E-state index contributed by atoms with van der Waals surface area (Å²) in [5, 5.41) is 7.22. The Bertz CT molecular complexity index is 523. The molecule has 1 N–H and O–H groups in total. The van der Waals surface area contributed by atoms with E-state index in [9.17, 15) is 8.42 Å². The van der Waals surface area contributed by atoms with E-state index in [4.69, 9.17) is 0 Å². The predicted octanol–water partition coefficient (Wildman–Crippen LogP) is 1.55. The number of nitrogens with one attached hydrogen (secondary N) is 1. The van der Waals surface area contributed by atoms with E-state index in [0.717, 1.165) is 13.0 Å². The standard InChI is InChI=1S/C14H28N4O2S/c1-12(2)10-18(13(3)4)21(19,20)14-9-16-17(11-14)8-6-7-15-5/h9,11-13,15H,6-8,10H2,1-5H3. The Morgan fingerprint density at radius 3 is 2.52 bits per heavy atom. The molecule has 0 spiro atoms. The van der Waals surface area contributed by atoms with Crippen molar-refractivity contribution in [3.63, 3.8) is 0 Å². The predicted molar refractivity (Wildman–Crippen MR) is 84.6 cm³/mol. The molecule has 0 bridgehead atoms. The van der Waals surface area contributed by atoms with Crippen LogP contribution in [-0.4, -0.2) is 48.7 Å². The maximum atomic E-state index is 12.7. The van der Waals surface area contributed by atoms with Crippen molar-refractivity contribution in [1.82, 2.24) is 19.4 Å². The molecule has 0 radical (unpaired) electrons. The minimum Gasteiger partial charge on any atom is -0.320 e. The summed E-state index contributed by atoms with van der Waals surface area (Å²) in [5.74, 6) is 0.285. The molecular formula is C14H28N4O2S. The molecule has 0 aliphatic rings. The van der Waals surface area contributed by atoms with E-state index in [1.807, 2.05) is 34.7 Å². The second-order valence-corrected chi connectivity index (χ2v) is 7.85. The third-order valence-electron chi connectivity index (χ3n) is 3.15. The Kier molecular flexibility index (Phi) is 6.83. The van der Waals surface area contributed by atoms with Gasteiger partial charge >= 0.3 is 0 Å². The molecule has 0 amide bonds. The Labute approximate surface area is 128 Å². The SMILES string of the molecule is CNCCCn1cc(S(=O)(=O)N(CC(C)C)C(C)C)cn1. The fourth-order valence-corrected chi connectivity index (χ4v) is 3.86. The number of nitrogens with zero attached hydrogens (tertiary/aromatic N) is 3. The van der Waals surface area contributed by atoms with Crippen LogP contribution in [0.5, 0.6) is 0 Å². The highest BCUT2D eigenvalue weighted by Gasteiger charge is 2.28. The van der Waals surface area contributed by atoms with Gasteiger partial charge in [0.2, 0.25) is 10.0 Å². The lowest BCUT2D eigenvalue weighted by Crippen LogP contribution is -2.39. The van der Waals surface area contributed by atoms with E-state index >= 15 is 0 Å². The van der Waals surface area contributed by atoms with Crippen LogP contribution in [0.1, 0.15) is 34.1 Å². The highest BCUT2D eigenvalue weighted by Crippen LogP contribution is 2.19. The van der Waals surface area contributed by atoms with Gasteiger partial charge in [-0.1, -0.05) is 13.8 Å². The average Bonchev–Trinajstić information content (AvgIpc) is 2.85. The van der Waals surface area contributed by atoms with Crippen molar-refractivity contribution in [1.29, 1.82) is 0 Å². The van der Waals surface area contributed by atoms with Crippen LogP contribution in [0.25, 0.3) is 0 Å². The van der Waals surface area contributed by atoms with Crippen LogP contribution in [0.3, 0.4) is 0 Å². The number of hydrogen-bond acceptors (Lipinski definition) is 4. The van der Waals surface area contributed by atoms with Gasteiger partial charge in [-0.2, -0.15) is 9.40 Å². The van der Waals surface area contributed by atoms with Crippen LogP contribution in [0.2, 0.25) is 0 Å². The molecule has 6 nitrogen and oxygen atoms in total. The first-order chi connectivity index (χ1) is 9.78. The van der Waals surface area contributed by atoms with Crippen LogP contribution >= 0.6 is 0 Å². The highest BCUT2D eigenvalue weighted by atomic mass is 32.2. The average molecular weight is 316 g/mol. The third kappa shape index (κ3) is 5.09. The van der Waals surface area contributed by atoms with Crippen LogP contribution in [-0.2, 0) is 16.6 Å². The fraction of sp³-hybridized carbons (Fsp3) is 0.786. The van der Waals surface area contributed by atoms with Gasteiger partial charge in [0.15, 0.2) is 0 Å². The zero-order valence-electron chi connectivity index (χ0n) is 13.7. The lowest BCUT2D eigenvalue weighted by molar-refractivity contribution is 0.319. The summed E-state index contributed by atoms with van der Waals surface area (Å²) in [6.07, 6.45) is 3.99. The molecule has 0 saturated carbocycles. The van der Waals surface area contributed by atoms with Crippen molar-refractivity contribution >= 4 is 10.0 Å². The first kappa shape index (κ1) is 18.1. The van der Waals surface area contributed by atoms with Crippen molar-refractivity contribution in [3.05, 3.63) is 12.4 Å². The largest absolute Gasteiger partial charge is 0.320 e. The molecule has 21 heavy (non-hydrogen) atoms. The monoisotopic (exact) mass is 316 g/mol. The summed E-state index contributed by atoms with van der Waals surface area (Å²) in [4.78, 5) is 0.279. The quantitative estimate of drug-likeness (QED) is 0.702. The van der Waals surface area contributed by atoms with Gasteiger partial charge in [-0.25, -0.2) is 8.42 Å². The summed E-state index contributed by atoms with van der Waals surface area (Å²) < 4.78 is 28.7. The maximum absolute atomic E-state index is 12.7. The fourth-order valence-electron chi connectivity index (χ4n) is 2.10. The van der Waals surface area contributed by atoms with Crippen molar-refractivity contribution in [2.45, 2.75) is 51.6 Å². The molecule has 0 atom stereocenters. The van der Waals surface area contributed by atoms with Gasteiger partial charge in [0.1, 0.15) is 4.90 Å². The van der Waals surface area contributed by atoms with E-state index in [1.54, 1.807) is 15.2 Å². The Morgan fingerprint density at radius 2 is 2.00 bits per heavy atom. The van der Waals surface area contributed by atoms with Crippen molar-refractivity contribution in [2.24, 2.45) is 5.92 Å². The molecular weight excluding hydrogens is 288 g/mol. The Balaban J connectivity index is 2.90. The van der Waals surface area contributed by atoms with Crippen LogP contribution in [0.4, 0.5) is 0 Å². The van der Waals surface area contributed by atoms with E-state index in [0.29, 0.717) is 13.1 Å². The molecule has 0 unspecified atom stereocenters. The zero-order valence-corrected chi connectivity index (χ0v) is 14.5. The first-order valence-corrected chi connectivity index (χ1v) is 8.92. The number of sulfonamides is 1. The second-order valence-electron chi connectivity index (χ2n) is 5.96. The van der Waals surface area contributed by atoms with Gasteiger partial charge in [-0.3, -0.25) is 4.68 Å². The van der Waals surface area contributed by atoms with E-state index in [2.05, 4.69) is 10.4 Å². The summed E-state index contributed by atoms with van der Waals surface area (Å²) in [5.41, 5.74) is 0. The summed E-state index contributed by atoms with van der Waals surface area (Å²) >= 11 is 0. The lowest BCUT2D eigenvalue weighted by Gasteiger charge is -2.26. The summed E-state index contributed by atoms with van der Waals surface area (Å²) in [6.45, 7) is 9.95. The summed E-state index contributed by atoms with van der Waals surface area (Å²) in [6, 6.07) is -0.0648. The molecule has 0 aliphatic heterocycles. The molecule has 1 heterocycles. The topological polar surface area (TPSA) is 67.2 Å².